The predicted octanol–water partition coefficient (Wildman–Crippen LogP) is 4.25. The summed E-state index contributed by atoms with van der Waals surface area (Å²) in [5, 5.41) is 13.0. The number of amides is 1. The van der Waals surface area contributed by atoms with Gasteiger partial charge in [-0.2, -0.15) is 0 Å². The first-order chi connectivity index (χ1) is 15.6. The number of rotatable bonds is 9. The van der Waals surface area contributed by atoms with E-state index in [1.54, 1.807) is 41.7 Å². The van der Waals surface area contributed by atoms with Gasteiger partial charge in [0.2, 0.25) is 0 Å². The van der Waals surface area contributed by atoms with E-state index in [4.69, 9.17) is 4.74 Å². The van der Waals surface area contributed by atoms with Crippen LogP contribution in [0.25, 0.3) is 5.76 Å². The number of aliphatic hydroxyl groups excluding tert-OH is 1. The molecule has 1 aromatic carbocycles. The minimum absolute atomic E-state index is 0.118. The summed E-state index contributed by atoms with van der Waals surface area (Å²) in [5.41, 5.74) is 0.573. The Bertz CT molecular complexity index is 1110. The van der Waals surface area contributed by atoms with Crippen molar-refractivity contribution >= 4 is 28.8 Å². The molecule has 7 nitrogen and oxygen atoms in total. The van der Waals surface area contributed by atoms with Crippen LogP contribution >= 0.6 is 11.3 Å². The molecule has 1 fully saturated rings. The Morgan fingerprint density at radius 2 is 2.09 bits per heavy atom. The van der Waals surface area contributed by atoms with Crippen LogP contribution in [0.3, 0.4) is 0 Å². The number of carbonyl (C=O) groups excluding carboxylic acids is 2. The number of aliphatic hydroxyl groups is 1. The average Bonchev–Trinajstić information content (AvgIpc) is 3.56. The van der Waals surface area contributed by atoms with Gasteiger partial charge in [-0.1, -0.05) is 25.1 Å². The molecule has 1 aliphatic rings. The fourth-order valence-electron chi connectivity index (χ4n) is 3.80. The molecule has 1 aliphatic heterocycles. The van der Waals surface area contributed by atoms with E-state index in [0.717, 1.165) is 11.3 Å². The number of ether oxygens (including phenoxy) is 1. The van der Waals surface area contributed by atoms with E-state index in [2.05, 4.69) is 4.98 Å². The van der Waals surface area contributed by atoms with Gasteiger partial charge in [0.05, 0.1) is 24.5 Å². The van der Waals surface area contributed by atoms with Crippen LogP contribution in [0.15, 0.2) is 66.1 Å². The van der Waals surface area contributed by atoms with E-state index >= 15 is 0 Å². The lowest BCUT2D eigenvalue weighted by Crippen LogP contribution is -2.31. The Balaban J connectivity index is 1.66. The zero-order chi connectivity index (χ0) is 22.5. The highest BCUT2D eigenvalue weighted by atomic mass is 32.1. The molecular formula is C24H25N3O4S. The Hall–Kier alpha value is -3.39. The number of aryl methyl sites for hydroxylation is 1. The zero-order valence-electron chi connectivity index (χ0n) is 17.8. The SMILES string of the molecule is CCCOc1cccc(C(O)=C2C(=O)C(=O)N(CCCn3ccnc3)[C@@H]2c2cccs2)c1. The second-order valence-corrected chi connectivity index (χ2v) is 8.52. The average molecular weight is 452 g/mol. The van der Waals surface area contributed by atoms with E-state index in [0.29, 0.717) is 37.4 Å². The second-order valence-electron chi connectivity index (χ2n) is 7.54. The number of likely N-dealkylation sites (tertiary alicyclic amines) is 1. The normalized spacial score (nSPS) is 17.8. The van der Waals surface area contributed by atoms with Gasteiger partial charge in [-0.15, -0.1) is 11.3 Å². The summed E-state index contributed by atoms with van der Waals surface area (Å²) < 4.78 is 7.59. The van der Waals surface area contributed by atoms with Crippen LogP contribution in [0, 0.1) is 0 Å². The predicted molar refractivity (Wildman–Crippen MR) is 122 cm³/mol. The molecule has 32 heavy (non-hydrogen) atoms. The maximum absolute atomic E-state index is 13.0. The summed E-state index contributed by atoms with van der Waals surface area (Å²) in [4.78, 5) is 32.4. The molecule has 3 aromatic rings. The number of ketones is 1. The van der Waals surface area contributed by atoms with E-state index in [-0.39, 0.29) is 11.3 Å². The minimum atomic E-state index is -0.664. The fourth-order valence-corrected chi connectivity index (χ4v) is 4.65. The van der Waals surface area contributed by atoms with Crippen molar-refractivity contribution < 1.29 is 19.4 Å². The van der Waals surface area contributed by atoms with Gasteiger partial charge in [0.15, 0.2) is 0 Å². The van der Waals surface area contributed by atoms with Gasteiger partial charge in [-0.25, -0.2) is 4.98 Å². The fraction of sp³-hybridized carbons (Fsp3) is 0.292. The number of hydrogen-bond donors (Lipinski definition) is 1. The quantitative estimate of drug-likeness (QED) is 0.299. The van der Waals surface area contributed by atoms with E-state index in [9.17, 15) is 14.7 Å². The molecule has 1 N–H and O–H groups in total. The van der Waals surface area contributed by atoms with E-state index in [1.807, 2.05) is 35.2 Å². The third-order valence-corrected chi connectivity index (χ3v) is 6.23. The van der Waals surface area contributed by atoms with Crippen molar-refractivity contribution in [2.24, 2.45) is 0 Å². The van der Waals surface area contributed by atoms with Gasteiger partial charge in [0, 0.05) is 35.9 Å². The topological polar surface area (TPSA) is 84.7 Å². The monoisotopic (exact) mass is 451 g/mol. The highest BCUT2D eigenvalue weighted by molar-refractivity contribution is 7.10. The summed E-state index contributed by atoms with van der Waals surface area (Å²) in [5.74, 6) is -0.823. The smallest absolute Gasteiger partial charge is 0.295 e. The molecule has 0 radical (unpaired) electrons. The Morgan fingerprint density at radius 3 is 2.81 bits per heavy atom. The minimum Gasteiger partial charge on any atom is -0.507 e. The highest BCUT2D eigenvalue weighted by Crippen LogP contribution is 2.41. The maximum atomic E-state index is 13.0. The summed E-state index contributed by atoms with van der Waals surface area (Å²) in [6, 6.07) is 10.1. The first-order valence-corrected chi connectivity index (χ1v) is 11.5. The number of carbonyl (C=O) groups is 2. The summed E-state index contributed by atoms with van der Waals surface area (Å²) in [6.45, 7) is 3.64. The molecule has 1 atom stereocenters. The van der Waals surface area contributed by atoms with Crippen molar-refractivity contribution in [3.8, 4) is 5.75 Å². The molecule has 0 aliphatic carbocycles. The number of Topliss-reactive ketones (excluding diaryl/α,β-unsaturated/α-hetero) is 1. The van der Waals surface area contributed by atoms with Gasteiger partial charge >= 0.3 is 0 Å². The lowest BCUT2D eigenvalue weighted by Gasteiger charge is -2.24. The zero-order valence-corrected chi connectivity index (χ0v) is 18.6. The third kappa shape index (κ3) is 4.45. The molecule has 3 heterocycles. The van der Waals surface area contributed by atoms with Gasteiger partial charge in [0.1, 0.15) is 11.5 Å². The number of aromatic nitrogens is 2. The molecule has 0 bridgehead atoms. The second kappa shape index (κ2) is 9.82. The van der Waals surface area contributed by atoms with Crippen molar-refractivity contribution in [3.63, 3.8) is 0 Å². The first kappa shape index (κ1) is 21.8. The van der Waals surface area contributed by atoms with Crippen LogP contribution < -0.4 is 4.74 Å². The van der Waals surface area contributed by atoms with Crippen molar-refractivity contribution in [3.05, 3.63) is 76.5 Å². The Kier molecular flexibility index (Phi) is 6.70. The van der Waals surface area contributed by atoms with Gasteiger partial charge in [-0.3, -0.25) is 9.59 Å². The molecular weight excluding hydrogens is 426 g/mol. The maximum Gasteiger partial charge on any atom is 0.295 e. The van der Waals surface area contributed by atoms with Crippen LogP contribution in [-0.2, 0) is 16.1 Å². The molecule has 0 spiro atoms. The van der Waals surface area contributed by atoms with Crippen LogP contribution in [0.1, 0.15) is 36.2 Å². The highest BCUT2D eigenvalue weighted by Gasteiger charge is 2.46. The van der Waals surface area contributed by atoms with Crippen molar-refractivity contribution in [1.82, 2.24) is 14.5 Å². The summed E-state index contributed by atoms with van der Waals surface area (Å²) in [7, 11) is 0. The number of hydrogen-bond acceptors (Lipinski definition) is 6. The summed E-state index contributed by atoms with van der Waals surface area (Å²) in [6.07, 6.45) is 6.80. The van der Waals surface area contributed by atoms with Crippen molar-refractivity contribution in [2.75, 3.05) is 13.2 Å². The lowest BCUT2D eigenvalue weighted by atomic mass is 9.99. The van der Waals surface area contributed by atoms with E-state index < -0.39 is 17.7 Å². The third-order valence-electron chi connectivity index (χ3n) is 5.31. The van der Waals surface area contributed by atoms with Gasteiger partial charge in [0.25, 0.3) is 11.7 Å². The molecule has 1 saturated heterocycles. The Labute approximate surface area is 190 Å². The molecule has 1 amide bonds. The van der Waals surface area contributed by atoms with Gasteiger partial charge < -0.3 is 19.3 Å². The molecule has 0 unspecified atom stereocenters. The van der Waals surface area contributed by atoms with Crippen LogP contribution in [0.5, 0.6) is 5.75 Å². The van der Waals surface area contributed by atoms with Crippen LogP contribution in [-0.4, -0.2) is 44.4 Å². The molecule has 166 valence electrons. The Morgan fingerprint density at radius 1 is 1.22 bits per heavy atom. The van der Waals surface area contributed by atoms with Crippen molar-refractivity contribution in [1.29, 1.82) is 0 Å². The van der Waals surface area contributed by atoms with Crippen LogP contribution in [0.2, 0.25) is 0 Å². The largest absolute Gasteiger partial charge is 0.507 e. The van der Waals surface area contributed by atoms with E-state index in [1.165, 1.54) is 11.3 Å². The molecule has 2 aromatic heterocycles. The molecule has 8 heteroatoms. The number of nitrogens with zero attached hydrogens (tertiary/aromatic N) is 3. The standard InChI is InChI=1S/C24H25N3O4S/c1-2-13-31-18-7-3-6-17(15-18)22(28)20-21(19-8-4-14-32-19)27(24(30)23(20)29)11-5-10-26-12-9-25-16-26/h3-4,6-9,12,14-16,21,28H,2,5,10-11,13H2,1H3/t21-/m1/s1. The number of benzene rings is 1. The summed E-state index contributed by atoms with van der Waals surface area (Å²) >= 11 is 1.46. The van der Waals surface area contributed by atoms with Crippen LogP contribution in [0.4, 0.5) is 0 Å². The number of imidazole rings is 1. The van der Waals surface area contributed by atoms with Gasteiger partial charge in [-0.05, 0) is 36.4 Å². The number of thiophene rings is 1. The molecule has 0 saturated carbocycles. The first-order valence-electron chi connectivity index (χ1n) is 10.6. The molecule has 4 rings (SSSR count). The lowest BCUT2D eigenvalue weighted by molar-refractivity contribution is -0.139. The van der Waals surface area contributed by atoms with Crippen molar-refractivity contribution in [2.45, 2.75) is 32.4 Å².